The number of hydrogen-bond acceptors (Lipinski definition) is 7. The summed E-state index contributed by atoms with van der Waals surface area (Å²) in [5.41, 5.74) is 0.791. The quantitative estimate of drug-likeness (QED) is 0.753. The van der Waals surface area contributed by atoms with Gasteiger partial charge in [0.05, 0.1) is 11.6 Å². The highest BCUT2D eigenvalue weighted by Crippen LogP contribution is 2.38. The standard InChI is InChI=1S/C17H20N8/c1-2-11(1)15-18-6-3-14(23-15)22-12-4-7-25(8-5-12)17-13-9-21-24-16(13)19-10-20-17/h3,6,9-12H,1-2,4-5,7-8H2,(H,18,22,23)(H,19,20,21,24). The lowest BCUT2D eigenvalue weighted by atomic mass is 10.0. The maximum atomic E-state index is 4.67. The number of aromatic amines is 1. The van der Waals surface area contributed by atoms with Crippen LogP contribution >= 0.6 is 0 Å². The Balaban J connectivity index is 1.25. The van der Waals surface area contributed by atoms with E-state index in [-0.39, 0.29) is 0 Å². The molecule has 1 aliphatic carbocycles. The number of fused-ring (bicyclic) bond motifs is 1. The van der Waals surface area contributed by atoms with E-state index in [9.17, 15) is 0 Å². The van der Waals surface area contributed by atoms with Crippen LogP contribution in [0.15, 0.2) is 24.8 Å². The van der Waals surface area contributed by atoms with Crippen LogP contribution in [0.1, 0.15) is 37.4 Å². The summed E-state index contributed by atoms with van der Waals surface area (Å²) >= 11 is 0. The second-order valence-electron chi connectivity index (χ2n) is 6.81. The summed E-state index contributed by atoms with van der Waals surface area (Å²) < 4.78 is 0. The molecule has 2 N–H and O–H groups in total. The predicted molar refractivity (Wildman–Crippen MR) is 94.5 cm³/mol. The van der Waals surface area contributed by atoms with Gasteiger partial charge in [-0.15, -0.1) is 0 Å². The first kappa shape index (κ1) is 14.6. The minimum absolute atomic E-state index is 0.430. The zero-order valence-corrected chi connectivity index (χ0v) is 13.9. The average molecular weight is 336 g/mol. The molecule has 0 atom stereocenters. The van der Waals surface area contributed by atoms with Crippen molar-refractivity contribution in [3.8, 4) is 0 Å². The van der Waals surface area contributed by atoms with Gasteiger partial charge in [-0.1, -0.05) is 0 Å². The van der Waals surface area contributed by atoms with Gasteiger partial charge in [-0.3, -0.25) is 5.10 Å². The van der Waals surface area contributed by atoms with Gasteiger partial charge in [-0.2, -0.15) is 5.10 Å². The average Bonchev–Trinajstić information content (AvgIpc) is 3.39. The molecule has 3 aromatic heterocycles. The third-order valence-corrected chi connectivity index (χ3v) is 4.99. The van der Waals surface area contributed by atoms with Gasteiger partial charge in [0.15, 0.2) is 5.65 Å². The third kappa shape index (κ3) is 2.88. The zero-order valence-electron chi connectivity index (χ0n) is 13.9. The Labute approximate surface area is 145 Å². The van der Waals surface area contributed by atoms with E-state index in [0.29, 0.717) is 12.0 Å². The largest absolute Gasteiger partial charge is 0.367 e. The SMILES string of the molecule is c1cc(NC2CCN(c3ncnc4[nH]ncc34)CC2)nc(C2CC2)n1. The molecule has 2 aliphatic rings. The number of nitrogens with one attached hydrogen (secondary N) is 2. The molecule has 1 aliphatic heterocycles. The van der Waals surface area contributed by atoms with Crippen LogP contribution in [-0.4, -0.2) is 49.3 Å². The summed E-state index contributed by atoms with van der Waals surface area (Å²) in [7, 11) is 0. The monoisotopic (exact) mass is 336 g/mol. The highest BCUT2D eigenvalue weighted by Gasteiger charge is 2.27. The molecule has 4 heterocycles. The summed E-state index contributed by atoms with van der Waals surface area (Å²) in [6, 6.07) is 2.40. The van der Waals surface area contributed by atoms with Crippen LogP contribution in [-0.2, 0) is 0 Å². The number of piperidine rings is 1. The lowest BCUT2D eigenvalue weighted by molar-refractivity contribution is 0.523. The number of aromatic nitrogens is 6. The Hall–Kier alpha value is -2.77. The van der Waals surface area contributed by atoms with Crippen molar-refractivity contribution >= 4 is 22.7 Å². The molecule has 0 unspecified atom stereocenters. The van der Waals surface area contributed by atoms with Crippen LogP contribution in [0.3, 0.4) is 0 Å². The number of nitrogens with zero attached hydrogens (tertiary/aromatic N) is 6. The van der Waals surface area contributed by atoms with Gasteiger partial charge >= 0.3 is 0 Å². The zero-order chi connectivity index (χ0) is 16.6. The molecular formula is C17H20N8. The van der Waals surface area contributed by atoms with Crippen molar-refractivity contribution in [3.05, 3.63) is 30.6 Å². The van der Waals surface area contributed by atoms with Crippen LogP contribution in [0.4, 0.5) is 11.6 Å². The van der Waals surface area contributed by atoms with Crippen molar-refractivity contribution < 1.29 is 0 Å². The first-order chi connectivity index (χ1) is 12.4. The molecule has 2 fully saturated rings. The molecule has 25 heavy (non-hydrogen) atoms. The maximum Gasteiger partial charge on any atom is 0.160 e. The summed E-state index contributed by atoms with van der Waals surface area (Å²) in [5, 5.41) is 11.5. The Kier molecular flexibility index (Phi) is 3.46. The molecule has 3 aromatic rings. The van der Waals surface area contributed by atoms with Crippen molar-refractivity contribution in [2.24, 2.45) is 0 Å². The van der Waals surface area contributed by atoms with Crippen molar-refractivity contribution in [1.82, 2.24) is 30.1 Å². The first-order valence-electron chi connectivity index (χ1n) is 8.85. The molecule has 128 valence electrons. The fourth-order valence-corrected chi connectivity index (χ4v) is 3.44. The Morgan fingerprint density at radius 3 is 2.80 bits per heavy atom. The van der Waals surface area contributed by atoms with Crippen molar-refractivity contribution in [2.45, 2.75) is 37.6 Å². The maximum absolute atomic E-state index is 4.67. The number of rotatable bonds is 4. The van der Waals surface area contributed by atoms with Gasteiger partial charge in [0.25, 0.3) is 0 Å². The second-order valence-corrected chi connectivity index (χ2v) is 6.81. The van der Waals surface area contributed by atoms with E-state index in [4.69, 9.17) is 0 Å². The topological polar surface area (TPSA) is 95.5 Å². The lowest BCUT2D eigenvalue weighted by Crippen LogP contribution is -2.39. The van der Waals surface area contributed by atoms with E-state index in [2.05, 4.69) is 40.3 Å². The van der Waals surface area contributed by atoms with Crippen LogP contribution in [0, 0.1) is 0 Å². The molecule has 8 nitrogen and oxygen atoms in total. The molecule has 0 bridgehead atoms. The molecule has 1 saturated carbocycles. The summed E-state index contributed by atoms with van der Waals surface area (Å²) in [6.07, 6.45) is 9.81. The van der Waals surface area contributed by atoms with E-state index in [1.165, 1.54) is 12.8 Å². The van der Waals surface area contributed by atoms with Crippen molar-refractivity contribution in [1.29, 1.82) is 0 Å². The molecule has 0 spiro atoms. The van der Waals surface area contributed by atoms with E-state index in [1.807, 2.05) is 12.3 Å². The molecule has 0 amide bonds. The van der Waals surface area contributed by atoms with E-state index in [0.717, 1.165) is 54.4 Å². The minimum atomic E-state index is 0.430. The summed E-state index contributed by atoms with van der Waals surface area (Å²) in [6.45, 7) is 1.91. The normalized spacial score (nSPS) is 18.6. The molecule has 5 rings (SSSR count). The van der Waals surface area contributed by atoms with Gasteiger partial charge in [-0.05, 0) is 31.7 Å². The van der Waals surface area contributed by atoms with Gasteiger partial charge in [0.1, 0.15) is 23.8 Å². The molecular weight excluding hydrogens is 316 g/mol. The number of H-pyrrole nitrogens is 1. The van der Waals surface area contributed by atoms with Crippen molar-refractivity contribution in [2.75, 3.05) is 23.3 Å². The predicted octanol–water partition coefficient (Wildman–Crippen LogP) is 2.10. The highest BCUT2D eigenvalue weighted by molar-refractivity contribution is 5.86. The third-order valence-electron chi connectivity index (χ3n) is 4.99. The molecule has 0 aromatic carbocycles. The summed E-state index contributed by atoms with van der Waals surface area (Å²) in [4.78, 5) is 20.0. The van der Waals surface area contributed by atoms with Gasteiger partial charge < -0.3 is 10.2 Å². The first-order valence-corrected chi connectivity index (χ1v) is 8.85. The molecule has 1 saturated heterocycles. The summed E-state index contributed by atoms with van der Waals surface area (Å²) in [5.74, 6) is 3.49. The Morgan fingerprint density at radius 2 is 1.96 bits per heavy atom. The smallest absolute Gasteiger partial charge is 0.160 e. The van der Waals surface area contributed by atoms with E-state index >= 15 is 0 Å². The van der Waals surface area contributed by atoms with Crippen molar-refractivity contribution in [3.63, 3.8) is 0 Å². The number of hydrogen-bond donors (Lipinski definition) is 2. The number of anilines is 2. The van der Waals surface area contributed by atoms with Crippen LogP contribution in [0.2, 0.25) is 0 Å². The Morgan fingerprint density at radius 1 is 1.08 bits per heavy atom. The Bertz CT molecular complexity index is 879. The minimum Gasteiger partial charge on any atom is -0.367 e. The highest BCUT2D eigenvalue weighted by atomic mass is 15.2. The second kappa shape index (κ2) is 5.94. The lowest BCUT2D eigenvalue weighted by Gasteiger charge is -2.33. The fourth-order valence-electron chi connectivity index (χ4n) is 3.44. The fraction of sp³-hybridized carbons (Fsp3) is 0.471. The van der Waals surface area contributed by atoms with E-state index < -0.39 is 0 Å². The van der Waals surface area contributed by atoms with Crippen LogP contribution in [0.5, 0.6) is 0 Å². The van der Waals surface area contributed by atoms with Crippen LogP contribution in [0.25, 0.3) is 11.0 Å². The van der Waals surface area contributed by atoms with Gasteiger partial charge in [0, 0.05) is 31.2 Å². The molecule has 8 heteroatoms. The van der Waals surface area contributed by atoms with Gasteiger partial charge in [-0.25, -0.2) is 19.9 Å². The van der Waals surface area contributed by atoms with Gasteiger partial charge in [0.2, 0.25) is 0 Å². The van der Waals surface area contributed by atoms with E-state index in [1.54, 1.807) is 12.5 Å². The van der Waals surface area contributed by atoms with Crippen LogP contribution < -0.4 is 10.2 Å². The molecule has 0 radical (unpaired) electrons.